The van der Waals surface area contributed by atoms with Gasteiger partial charge in [-0.1, -0.05) is 11.6 Å². The molecular formula is C16H18ClN5O3. The van der Waals surface area contributed by atoms with Crippen molar-refractivity contribution in [2.45, 2.75) is 0 Å². The second-order valence-corrected chi connectivity index (χ2v) is 5.73. The molecule has 1 aromatic heterocycles. The predicted octanol–water partition coefficient (Wildman–Crippen LogP) is 2.62. The maximum atomic E-state index is 12.1. The third-order valence-corrected chi connectivity index (χ3v) is 3.83. The van der Waals surface area contributed by atoms with Crippen molar-refractivity contribution in [3.63, 3.8) is 0 Å². The van der Waals surface area contributed by atoms with Crippen molar-refractivity contribution in [1.29, 1.82) is 0 Å². The van der Waals surface area contributed by atoms with E-state index in [0.717, 1.165) is 13.1 Å². The van der Waals surface area contributed by atoms with Crippen LogP contribution in [0, 0.1) is 0 Å². The fraction of sp³-hybridized carbons (Fsp3) is 0.312. The molecule has 1 aliphatic heterocycles. The summed E-state index contributed by atoms with van der Waals surface area (Å²) in [6.45, 7) is 2.82. The van der Waals surface area contributed by atoms with Crippen molar-refractivity contribution >= 4 is 35.0 Å². The lowest BCUT2D eigenvalue weighted by Crippen LogP contribution is -2.37. The molecule has 1 aliphatic rings. The Kier molecular flexibility index (Phi) is 5.52. The quantitative estimate of drug-likeness (QED) is 0.868. The van der Waals surface area contributed by atoms with Crippen molar-refractivity contribution < 1.29 is 14.3 Å². The highest BCUT2D eigenvalue weighted by Gasteiger charge is 2.14. The summed E-state index contributed by atoms with van der Waals surface area (Å²) in [6.07, 6.45) is 3.12. The molecule has 0 aliphatic carbocycles. The zero-order valence-corrected chi connectivity index (χ0v) is 14.4. The summed E-state index contributed by atoms with van der Waals surface area (Å²) < 4.78 is 10.5. The van der Waals surface area contributed by atoms with Gasteiger partial charge in [0.1, 0.15) is 5.75 Å². The Morgan fingerprint density at radius 2 is 1.96 bits per heavy atom. The molecule has 1 fully saturated rings. The second kappa shape index (κ2) is 8.00. The summed E-state index contributed by atoms with van der Waals surface area (Å²) >= 11 is 5.95. The molecule has 0 spiro atoms. The van der Waals surface area contributed by atoms with E-state index in [1.807, 2.05) is 4.90 Å². The number of carbonyl (C=O) groups excluding carboxylic acids is 1. The Morgan fingerprint density at radius 1 is 1.24 bits per heavy atom. The number of rotatable bonds is 4. The summed E-state index contributed by atoms with van der Waals surface area (Å²) in [6, 6.07) is 4.53. The molecule has 132 valence electrons. The maximum Gasteiger partial charge on any atom is 0.323 e. The van der Waals surface area contributed by atoms with Crippen molar-refractivity contribution in [2.75, 3.05) is 48.9 Å². The van der Waals surface area contributed by atoms with Gasteiger partial charge in [0.25, 0.3) is 0 Å². The van der Waals surface area contributed by atoms with Crippen LogP contribution in [-0.2, 0) is 4.74 Å². The maximum absolute atomic E-state index is 12.1. The summed E-state index contributed by atoms with van der Waals surface area (Å²) in [4.78, 5) is 22.7. The number of hydrogen-bond donors (Lipinski definition) is 2. The van der Waals surface area contributed by atoms with Gasteiger partial charge in [0.15, 0.2) is 0 Å². The lowest BCUT2D eigenvalue weighted by molar-refractivity contribution is 0.122. The van der Waals surface area contributed by atoms with E-state index < -0.39 is 6.03 Å². The van der Waals surface area contributed by atoms with Gasteiger partial charge in [-0.15, -0.1) is 0 Å². The van der Waals surface area contributed by atoms with Crippen LogP contribution in [0.1, 0.15) is 0 Å². The van der Waals surface area contributed by atoms with Crippen LogP contribution < -0.4 is 20.3 Å². The number of nitrogens with zero attached hydrogens (tertiary/aromatic N) is 3. The molecule has 9 heteroatoms. The van der Waals surface area contributed by atoms with Gasteiger partial charge in [-0.25, -0.2) is 14.8 Å². The number of urea groups is 1. The minimum atomic E-state index is -0.441. The third kappa shape index (κ3) is 4.49. The smallest absolute Gasteiger partial charge is 0.323 e. The zero-order chi connectivity index (χ0) is 17.6. The van der Waals surface area contributed by atoms with E-state index in [-0.39, 0.29) is 0 Å². The Hall–Kier alpha value is -2.58. The first-order valence-corrected chi connectivity index (χ1v) is 8.10. The monoisotopic (exact) mass is 363 g/mol. The molecule has 0 bridgehead atoms. The van der Waals surface area contributed by atoms with Crippen molar-refractivity contribution in [2.24, 2.45) is 0 Å². The topological polar surface area (TPSA) is 88.6 Å². The Morgan fingerprint density at radius 3 is 2.64 bits per heavy atom. The van der Waals surface area contributed by atoms with Gasteiger partial charge < -0.3 is 25.0 Å². The highest BCUT2D eigenvalue weighted by atomic mass is 35.5. The van der Waals surface area contributed by atoms with E-state index in [2.05, 4.69) is 20.6 Å². The molecule has 25 heavy (non-hydrogen) atoms. The minimum absolute atomic E-state index is 0.441. The van der Waals surface area contributed by atoms with Gasteiger partial charge in [-0.2, -0.15) is 0 Å². The Bertz CT molecular complexity index is 735. The Labute approximate surface area is 150 Å². The number of benzene rings is 1. The molecule has 2 aromatic rings. The molecule has 3 rings (SSSR count). The third-order valence-electron chi connectivity index (χ3n) is 3.60. The average molecular weight is 364 g/mol. The first-order valence-electron chi connectivity index (χ1n) is 7.72. The molecular weight excluding hydrogens is 346 g/mol. The van der Waals surface area contributed by atoms with Crippen LogP contribution in [0.3, 0.4) is 0 Å². The van der Waals surface area contributed by atoms with E-state index in [9.17, 15) is 4.79 Å². The molecule has 0 atom stereocenters. The van der Waals surface area contributed by atoms with Crippen molar-refractivity contribution in [3.05, 3.63) is 35.6 Å². The highest BCUT2D eigenvalue weighted by Crippen LogP contribution is 2.27. The molecule has 8 nitrogen and oxygen atoms in total. The average Bonchev–Trinajstić information content (AvgIpc) is 2.63. The summed E-state index contributed by atoms with van der Waals surface area (Å²) in [5, 5.41) is 5.86. The van der Waals surface area contributed by atoms with Gasteiger partial charge in [0.2, 0.25) is 5.95 Å². The number of nitrogens with one attached hydrogen (secondary N) is 2. The number of carbonyl (C=O) groups is 1. The van der Waals surface area contributed by atoms with Crippen LogP contribution in [0.5, 0.6) is 5.75 Å². The van der Waals surface area contributed by atoms with E-state index in [1.54, 1.807) is 30.6 Å². The zero-order valence-electron chi connectivity index (χ0n) is 13.7. The van der Waals surface area contributed by atoms with E-state index >= 15 is 0 Å². The number of halogens is 1. The number of methoxy groups -OCH3 is 1. The molecule has 0 saturated carbocycles. The predicted molar refractivity (Wildman–Crippen MR) is 95.7 cm³/mol. The molecule has 1 aromatic carbocycles. The molecule has 1 saturated heterocycles. The van der Waals surface area contributed by atoms with Crippen LogP contribution in [0.25, 0.3) is 0 Å². The van der Waals surface area contributed by atoms with Crippen LogP contribution in [0.15, 0.2) is 30.6 Å². The SMILES string of the molecule is COc1ccc(Cl)cc1NC(=O)Nc1cnc(N2CCOCC2)nc1. The number of anilines is 3. The second-order valence-electron chi connectivity index (χ2n) is 5.29. The van der Waals surface area contributed by atoms with Gasteiger partial charge in [-0.3, -0.25) is 0 Å². The summed E-state index contributed by atoms with van der Waals surface area (Å²) in [7, 11) is 1.52. The van der Waals surface area contributed by atoms with Crippen LogP contribution in [-0.4, -0.2) is 49.4 Å². The van der Waals surface area contributed by atoms with Crippen molar-refractivity contribution in [3.8, 4) is 5.75 Å². The normalized spacial score (nSPS) is 14.1. The fourth-order valence-corrected chi connectivity index (χ4v) is 2.55. The van der Waals surface area contributed by atoms with E-state index in [1.165, 1.54) is 7.11 Å². The largest absolute Gasteiger partial charge is 0.495 e. The standard InChI is InChI=1S/C16H18ClN5O3/c1-24-14-3-2-11(17)8-13(14)21-16(23)20-12-9-18-15(19-10-12)22-4-6-25-7-5-22/h2-3,8-10H,4-7H2,1H3,(H2,20,21,23). The molecule has 2 heterocycles. The summed E-state index contributed by atoms with van der Waals surface area (Å²) in [5.74, 6) is 1.13. The van der Waals surface area contributed by atoms with Crippen LogP contribution in [0.4, 0.5) is 22.1 Å². The van der Waals surface area contributed by atoms with Gasteiger partial charge >= 0.3 is 6.03 Å². The molecule has 2 N–H and O–H groups in total. The lowest BCUT2D eigenvalue weighted by atomic mass is 10.3. The van der Waals surface area contributed by atoms with Gasteiger partial charge in [0, 0.05) is 18.1 Å². The number of aromatic nitrogens is 2. The number of ether oxygens (including phenoxy) is 2. The van der Waals surface area contributed by atoms with E-state index in [4.69, 9.17) is 21.1 Å². The van der Waals surface area contributed by atoms with Crippen molar-refractivity contribution in [1.82, 2.24) is 9.97 Å². The fourth-order valence-electron chi connectivity index (χ4n) is 2.37. The van der Waals surface area contributed by atoms with Gasteiger partial charge in [0.05, 0.1) is 44.1 Å². The van der Waals surface area contributed by atoms with Crippen LogP contribution in [0.2, 0.25) is 5.02 Å². The first-order chi connectivity index (χ1) is 12.2. The highest BCUT2D eigenvalue weighted by molar-refractivity contribution is 6.31. The Balaban J connectivity index is 1.62. The summed E-state index contributed by atoms with van der Waals surface area (Å²) in [5.41, 5.74) is 0.953. The van der Waals surface area contributed by atoms with Crippen LogP contribution >= 0.6 is 11.6 Å². The lowest BCUT2D eigenvalue weighted by Gasteiger charge is -2.26. The number of amides is 2. The number of morpholine rings is 1. The number of hydrogen-bond acceptors (Lipinski definition) is 6. The van der Waals surface area contributed by atoms with Gasteiger partial charge in [-0.05, 0) is 18.2 Å². The minimum Gasteiger partial charge on any atom is -0.495 e. The molecule has 0 unspecified atom stereocenters. The first kappa shape index (κ1) is 17.2. The molecule has 2 amide bonds. The molecule has 0 radical (unpaired) electrons. The van der Waals surface area contributed by atoms with E-state index in [0.29, 0.717) is 41.3 Å².